The molecule has 2 N–H and O–H groups in total. The fraction of sp³-hybridized carbons (Fsp3) is 0.692. The summed E-state index contributed by atoms with van der Waals surface area (Å²) in [5.41, 5.74) is 0. The van der Waals surface area contributed by atoms with E-state index in [1.807, 2.05) is 6.92 Å². The second-order valence-electron chi connectivity index (χ2n) is 5.08. The van der Waals surface area contributed by atoms with E-state index in [0.29, 0.717) is 32.5 Å². The third-order valence-corrected chi connectivity index (χ3v) is 3.31. The number of nitrogens with zero attached hydrogens (tertiary/aromatic N) is 3. The Morgan fingerprint density at radius 1 is 1.33 bits per heavy atom. The molecule has 2 heterocycles. The fourth-order valence-electron chi connectivity index (χ4n) is 2.16. The molecular formula is C13H19F3N4O. The molecule has 5 nitrogen and oxygen atoms in total. The highest BCUT2D eigenvalue weighted by molar-refractivity contribution is 5.50. The molecule has 0 atom stereocenters. The Morgan fingerprint density at radius 2 is 2.00 bits per heavy atom. The summed E-state index contributed by atoms with van der Waals surface area (Å²) < 4.78 is 38.7. The largest absolute Gasteiger partial charge is 0.451 e. The number of hydrogen-bond acceptors (Lipinski definition) is 5. The lowest BCUT2D eigenvalue weighted by Crippen LogP contribution is -2.36. The second-order valence-corrected chi connectivity index (χ2v) is 5.08. The molecule has 0 bridgehead atoms. The molecule has 1 aliphatic rings. The Hall–Kier alpha value is -1.57. The van der Waals surface area contributed by atoms with Crippen molar-refractivity contribution in [3.63, 3.8) is 0 Å². The van der Waals surface area contributed by atoms with Gasteiger partial charge < -0.3 is 15.3 Å². The van der Waals surface area contributed by atoms with E-state index in [0.717, 1.165) is 6.42 Å². The molecule has 8 heteroatoms. The first-order valence-corrected chi connectivity index (χ1v) is 7.03. The number of aliphatic hydroxyl groups is 1. The molecule has 0 aromatic carbocycles. The number of aromatic nitrogens is 2. The van der Waals surface area contributed by atoms with Crippen LogP contribution in [0.4, 0.5) is 24.8 Å². The topological polar surface area (TPSA) is 61.3 Å². The van der Waals surface area contributed by atoms with Crippen LogP contribution in [0.1, 0.15) is 32.0 Å². The van der Waals surface area contributed by atoms with Crippen molar-refractivity contribution in [2.45, 2.75) is 38.5 Å². The first-order valence-electron chi connectivity index (χ1n) is 7.03. The Kier molecular flexibility index (Phi) is 4.87. The van der Waals surface area contributed by atoms with Crippen molar-refractivity contribution in [3.05, 3.63) is 11.9 Å². The zero-order valence-corrected chi connectivity index (χ0v) is 11.8. The molecule has 0 aliphatic carbocycles. The van der Waals surface area contributed by atoms with Gasteiger partial charge in [0.25, 0.3) is 0 Å². The average Bonchev–Trinajstić information content (AvgIpc) is 2.44. The van der Waals surface area contributed by atoms with Crippen molar-refractivity contribution < 1.29 is 18.3 Å². The Labute approximate surface area is 121 Å². The van der Waals surface area contributed by atoms with E-state index >= 15 is 0 Å². The van der Waals surface area contributed by atoms with Crippen molar-refractivity contribution >= 4 is 11.6 Å². The normalized spacial score (nSPS) is 17.1. The van der Waals surface area contributed by atoms with Crippen molar-refractivity contribution in [2.75, 3.05) is 29.9 Å². The molecule has 0 amide bonds. The summed E-state index contributed by atoms with van der Waals surface area (Å²) in [7, 11) is 0. The minimum absolute atomic E-state index is 0.181. The van der Waals surface area contributed by atoms with Crippen LogP contribution in [0.15, 0.2) is 6.07 Å². The average molecular weight is 304 g/mol. The highest BCUT2D eigenvalue weighted by Crippen LogP contribution is 2.30. The van der Waals surface area contributed by atoms with Gasteiger partial charge in [0, 0.05) is 25.7 Å². The lowest BCUT2D eigenvalue weighted by Gasteiger charge is -2.31. The zero-order valence-electron chi connectivity index (χ0n) is 11.8. The summed E-state index contributed by atoms with van der Waals surface area (Å²) >= 11 is 0. The third-order valence-electron chi connectivity index (χ3n) is 3.31. The highest BCUT2D eigenvalue weighted by Gasteiger charge is 2.36. The Balaban J connectivity index is 2.26. The lowest BCUT2D eigenvalue weighted by atomic mass is 10.1. The molecule has 0 unspecified atom stereocenters. The molecule has 0 spiro atoms. The Morgan fingerprint density at radius 3 is 2.57 bits per heavy atom. The first kappa shape index (κ1) is 15.8. The summed E-state index contributed by atoms with van der Waals surface area (Å²) in [6.45, 7) is 3.45. The van der Waals surface area contributed by atoms with Gasteiger partial charge in [-0.2, -0.15) is 13.2 Å². The van der Waals surface area contributed by atoms with Crippen LogP contribution in [-0.4, -0.2) is 40.8 Å². The molecule has 0 radical (unpaired) electrons. The number of aliphatic hydroxyl groups excluding tert-OH is 1. The van der Waals surface area contributed by atoms with E-state index in [1.54, 1.807) is 4.90 Å². The van der Waals surface area contributed by atoms with Gasteiger partial charge in [0.15, 0.2) is 0 Å². The van der Waals surface area contributed by atoms with Crippen LogP contribution in [0.25, 0.3) is 0 Å². The van der Waals surface area contributed by atoms with Crippen LogP contribution in [0, 0.1) is 0 Å². The molecule has 21 heavy (non-hydrogen) atoms. The van der Waals surface area contributed by atoms with Gasteiger partial charge in [0.05, 0.1) is 6.10 Å². The lowest BCUT2D eigenvalue weighted by molar-refractivity contribution is -0.144. The van der Waals surface area contributed by atoms with E-state index in [-0.39, 0.29) is 17.7 Å². The predicted molar refractivity (Wildman–Crippen MR) is 73.3 cm³/mol. The monoisotopic (exact) mass is 304 g/mol. The van der Waals surface area contributed by atoms with Crippen LogP contribution in [-0.2, 0) is 6.18 Å². The van der Waals surface area contributed by atoms with E-state index in [1.165, 1.54) is 6.07 Å². The summed E-state index contributed by atoms with van der Waals surface area (Å²) in [5.74, 6) is -0.701. The maximum Gasteiger partial charge on any atom is 0.451 e. The van der Waals surface area contributed by atoms with Crippen LogP contribution >= 0.6 is 0 Å². The van der Waals surface area contributed by atoms with Crippen LogP contribution in [0.2, 0.25) is 0 Å². The molecule has 1 aliphatic heterocycles. The van der Waals surface area contributed by atoms with Gasteiger partial charge in [-0.25, -0.2) is 9.97 Å². The number of rotatable bonds is 4. The number of halogens is 3. The van der Waals surface area contributed by atoms with Gasteiger partial charge in [-0.15, -0.1) is 0 Å². The second kappa shape index (κ2) is 6.46. The summed E-state index contributed by atoms with van der Waals surface area (Å²) in [6, 6.07) is 1.53. The molecule has 2 rings (SSSR count). The van der Waals surface area contributed by atoms with Crippen molar-refractivity contribution in [1.29, 1.82) is 0 Å². The third kappa shape index (κ3) is 4.20. The smallest absolute Gasteiger partial charge is 0.393 e. The molecule has 0 saturated carbocycles. The van der Waals surface area contributed by atoms with E-state index < -0.39 is 12.0 Å². The number of anilines is 2. The predicted octanol–water partition coefficient (Wildman–Crippen LogP) is 2.28. The zero-order chi connectivity index (χ0) is 15.5. The SMILES string of the molecule is CCCNc1cc(N2CCC(O)CC2)nc(C(F)(F)F)n1. The molecule has 118 valence electrons. The standard InChI is InChI=1S/C13H19F3N4O/c1-2-5-17-10-8-11(19-12(18-10)13(14,15)16)20-6-3-9(21)4-7-20/h8-9,21H,2-7H2,1H3,(H,17,18,19). The van der Waals surface area contributed by atoms with Gasteiger partial charge in [0.2, 0.25) is 5.82 Å². The summed E-state index contributed by atoms with van der Waals surface area (Å²) in [6.07, 6.45) is -3.11. The van der Waals surface area contributed by atoms with Crippen molar-refractivity contribution in [3.8, 4) is 0 Å². The van der Waals surface area contributed by atoms with Crippen molar-refractivity contribution in [2.24, 2.45) is 0 Å². The molecule has 1 aromatic rings. The number of piperidine rings is 1. The maximum atomic E-state index is 12.9. The van der Waals surface area contributed by atoms with Crippen LogP contribution in [0.3, 0.4) is 0 Å². The van der Waals surface area contributed by atoms with E-state index in [9.17, 15) is 18.3 Å². The van der Waals surface area contributed by atoms with Gasteiger partial charge in [-0.05, 0) is 19.3 Å². The number of hydrogen-bond donors (Lipinski definition) is 2. The fourth-order valence-corrected chi connectivity index (χ4v) is 2.16. The molecule has 1 saturated heterocycles. The van der Waals surface area contributed by atoms with Crippen LogP contribution < -0.4 is 10.2 Å². The van der Waals surface area contributed by atoms with Crippen molar-refractivity contribution in [1.82, 2.24) is 9.97 Å². The molecular weight excluding hydrogens is 285 g/mol. The highest BCUT2D eigenvalue weighted by atomic mass is 19.4. The maximum absolute atomic E-state index is 12.9. The van der Waals surface area contributed by atoms with Gasteiger partial charge in [-0.3, -0.25) is 0 Å². The number of alkyl halides is 3. The first-order chi connectivity index (χ1) is 9.90. The van der Waals surface area contributed by atoms with Crippen LogP contribution in [0.5, 0.6) is 0 Å². The summed E-state index contributed by atoms with van der Waals surface area (Å²) in [5, 5.41) is 12.3. The number of nitrogens with one attached hydrogen (secondary N) is 1. The van der Waals surface area contributed by atoms with Gasteiger partial charge in [0.1, 0.15) is 11.6 Å². The minimum atomic E-state index is -4.58. The van der Waals surface area contributed by atoms with Gasteiger partial charge in [-0.1, -0.05) is 6.92 Å². The Bertz CT molecular complexity index is 473. The quantitative estimate of drug-likeness (QED) is 0.893. The molecule has 1 aromatic heterocycles. The minimum Gasteiger partial charge on any atom is -0.393 e. The van der Waals surface area contributed by atoms with Gasteiger partial charge >= 0.3 is 6.18 Å². The molecule has 1 fully saturated rings. The summed E-state index contributed by atoms with van der Waals surface area (Å²) in [4.78, 5) is 8.91. The van der Waals surface area contributed by atoms with E-state index in [2.05, 4.69) is 15.3 Å². The van der Waals surface area contributed by atoms with E-state index in [4.69, 9.17) is 0 Å².